The Kier molecular flexibility index (Phi) is 3.13. The van der Waals surface area contributed by atoms with Crippen molar-refractivity contribution in [1.82, 2.24) is 0 Å². The smallest absolute Gasteiger partial charge is 0.372 e. The number of hydrogen-bond acceptors (Lipinski definition) is 2. The van der Waals surface area contributed by atoms with Gasteiger partial charge in [-0.15, -0.1) is 0 Å². The number of rotatable bonds is 2. The molecule has 2 rings (SSSR count). The lowest BCUT2D eigenvalue weighted by molar-refractivity contribution is 0.0663. The Labute approximate surface area is 108 Å². The topological polar surface area (TPSA) is 50.4 Å². The minimum absolute atomic E-state index is 0.133. The molecule has 0 bridgehead atoms. The number of aromatic carboxylic acids is 1. The van der Waals surface area contributed by atoms with Gasteiger partial charge in [0.25, 0.3) is 0 Å². The maximum Gasteiger partial charge on any atom is 0.372 e. The Bertz CT molecular complexity index is 587. The highest BCUT2D eigenvalue weighted by molar-refractivity contribution is 6.43. The van der Waals surface area contributed by atoms with E-state index in [4.69, 9.17) is 32.7 Å². The molecule has 0 radical (unpaired) electrons. The average Bonchev–Trinajstić information content (AvgIpc) is 2.65. The van der Waals surface area contributed by atoms with Gasteiger partial charge in [-0.1, -0.05) is 35.3 Å². The molecule has 0 saturated carbocycles. The normalized spacial score (nSPS) is 10.5. The van der Waals surface area contributed by atoms with Crippen LogP contribution in [0.15, 0.2) is 28.9 Å². The lowest BCUT2D eigenvalue weighted by atomic mass is 10.0. The summed E-state index contributed by atoms with van der Waals surface area (Å²) in [4.78, 5) is 11.0. The predicted octanol–water partition coefficient (Wildman–Crippen LogP) is 4.26. The number of aryl methyl sites for hydroxylation is 1. The molecule has 1 heterocycles. The zero-order chi connectivity index (χ0) is 12.6. The van der Waals surface area contributed by atoms with Gasteiger partial charge in [0.15, 0.2) is 0 Å². The summed E-state index contributed by atoms with van der Waals surface area (Å²) < 4.78 is 5.00. The average molecular weight is 271 g/mol. The van der Waals surface area contributed by atoms with Crippen molar-refractivity contribution in [3.05, 3.63) is 45.8 Å². The van der Waals surface area contributed by atoms with Crippen LogP contribution in [0, 0.1) is 6.92 Å². The van der Waals surface area contributed by atoms with Crippen LogP contribution in [-0.4, -0.2) is 11.1 Å². The molecule has 0 aliphatic rings. The van der Waals surface area contributed by atoms with Crippen LogP contribution in [-0.2, 0) is 0 Å². The molecule has 0 aliphatic heterocycles. The molecule has 0 unspecified atom stereocenters. The first-order valence-electron chi connectivity index (χ1n) is 4.78. The number of carboxylic acid groups (broad SMARTS) is 1. The van der Waals surface area contributed by atoms with Crippen LogP contribution in [0.25, 0.3) is 11.1 Å². The number of benzene rings is 1. The van der Waals surface area contributed by atoms with Crippen LogP contribution in [0.2, 0.25) is 10.0 Å². The molecular formula is C12H8Cl2O3. The van der Waals surface area contributed by atoms with Crippen molar-refractivity contribution >= 4 is 29.2 Å². The molecule has 5 heteroatoms. The Morgan fingerprint density at radius 2 is 2.06 bits per heavy atom. The Hall–Kier alpha value is -1.45. The fourth-order valence-electron chi connectivity index (χ4n) is 1.63. The molecule has 88 valence electrons. The van der Waals surface area contributed by atoms with E-state index in [9.17, 15) is 4.79 Å². The third-order valence-electron chi connectivity index (χ3n) is 2.39. The van der Waals surface area contributed by atoms with Crippen molar-refractivity contribution in [1.29, 1.82) is 0 Å². The minimum atomic E-state index is -1.14. The second kappa shape index (κ2) is 4.43. The molecule has 1 aromatic heterocycles. The van der Waals surface area contributed by atoms with Gasteiger partial charge in [-0.2, -0.15) is 0 Å². The standard InChI is InChI=1S/C12H8Cl2O3/c1-6-5-17-11(12(15)16)9(6)7-3-2-4-8(13)10(7)14/h2-5H,1H3,(H,15,16). The predicted molar refractivity (Wildman–Crippen MR) is 65.9 cm³/mol. The third kappa shape index (κ3) is 2.04. The molecular weight excluding hydrogens is 263 g/mol. The van der Waals surface area contributed by atoms with Crippen molar-refractivity contribution in [3.8, 4) is 11.1 Å². The zero-order valence-electron chi connectivity index (χ0n) is 8.83. The van der Waals surface area contributed by atoms with E-state index in [1.165, 1.54) is 6.26 Å². The number of carbonyl (C=O) groups is 1. The monoisotopic (exact) mass is 270 g/mol. The van der Waals surface area contributed by atoms with E-state index < -0.39 is 5.97 Å². The van der Waals surface area contributed by atoms with E-state index in [1.54, 1.807) is 25.1 Å². The SMILES string of the molecule is Cc1coc(C(=O)O)c1-c1cccc(Cl)c1Cl. The minimum Gasteiger partial charge on any atom is -0.475 e. The van der Waals surface area contributed by atoms with Crippen LogP contribution in [0.1, 0.15) is 16.1 Å². The van der Waals surface area contributed by atoms with Crippen LogP contribution >= 0.6 is 23.2 Å². The zero-order valence-corrected chi connectivity index (χ0v) is 10.3. The van der Waals surface area contributed by atoms with E-state index in [0.29, 0.717) is 26.7 Å². The largest absolute Gasteiger partial charge is 0.475 e. The van der Waals surface area contributed by atoms with E-state index >= 15 is 0 Å². The van der Waals surface area contributed by atoms with E-state index in [2.05, 4.69) is 0 Å². The van der Waals surface area contributed by atoms with Gasteiger partial charge in [-0.3, -0.25) is 0 Å². The van der Waals surface area contributed by atoms with E-state index in [0.717, 1.165) is 0 Å². The summed E-state index contributed by atoms with van der Waals surface area (Å²) in [7, 11) is 0. The Balaban J connectivity index is 2.72. The van der Waals surface area contributed by atoms with Crippen molar-refractivity contribution in [2.24, 2.45) is 0 Å². The highest BCUT2D eigenvalue weighted by Crippen LogP contribution is 2.37. The lowest BCUT2D eigenvalue weighted by Crippen LogP contribution is -1.97. The summed E-state index contributed by atoms with van der Waals surface area (Å²) in [6, 6.07) is 5.06. The molecule has 0 saturated heterocycles. The number of furan rings is 1. The van der Waals surface area contributed by atoms with Gasteiger partial charge < -0.3 is 9.52 Å². The Morgan fingerprint density at radius 1 is 1.35 bits per heavy atom. The molecule has 1 N–H and O–H groups in total. The lowest BCUT2D eigenvalue weighted by Gasteiger charge is -2.05. The maximum absolute atomic E-state index is 11.0. The molecule has 0 atom stereocenters. The summed E-state index contributed by atoms with van der Waals surface area (Å²) in [6.07, 6.45) is 1.38. The van der Waals surface area contributed by atoms with Gasteiger partial charge in [-0.25, -0.2) is 4.79 Å². The van der Waals surface area contributed by atoms with Crippen LogP contribution in [0.5, 0.6) is 0 Å². The molecule has 3 nitrogen and oxygen atoms in total. The Morgan fingerprint density at radius 3 is 2.71 bits per heavy atom. The molecule has 17 heavy (non-hydrogen) atoms. The first-order chi connectivity index (χ1) is 8.02. The fraction of sp³-hybridized carbons (Fsp3) is 0.0833. The van der Waals surface area contributed by atoms with E-state index in [1.807, 2.05) is 0 Å². The molecule has 1 aromatic carbocycles. The first kappa shape index (κ1) is 12.0. The quantitative estimate of drug-likeness (QED) is 0.887. The van der Waals surface area contributed by atoms with Crippen LogP contribution in [0.4, 0.5) is 0 Å². The van der Waals surface area contributed by atoms with Gasteiger partial charge in [-0.05, 0) is 18.6 Å². The molecule has 0 spiro atoms. The highest BCUT2D eigenvalue weighted by atomic mass is 35.5. The van der Waals surface area contributed by atoms with Gasteiger partial charge in [0.1, 0.15) is 0 Å². The van der Waals surface area contributed by atoms with Crippen molar-refractivity contribution in [2.45, 2.75) is 6.92 Å². The first-order valence-corrected chi connectivity index (χ1v) is 5.53. The van der Waals surface area contributed by atoms with Gasteiger partial charge in [0, 0.05) is 11.1 Å². The molecule has 0 fully saturated rings. The number of carboxylic acids is 1. The molecule has 0 amide bonds. The van der Waals surface area contributed by atoms with Crippen molar-refractivity contribution in [3.63, 3.8) is 0 Å². The number of hydrogen-bond donors (Lipinski definition) is 1. The summed E-state index contributed by atoms with van der Waals surface area (Å²) in [6.45, 7) is 1.75. The van der Waals surface area contributed by atoms with Crippen LogP contribution in [0.3, 0.4) is 0 Å². The summed E-state index contributed by atoms with van der Waals surface area (Å²) in [5.74, 6) is -1.27. The summed E-state index contributed by atoms with van der Waals surface area (Å²) >= 11 is 12.0. The van der Waals surface area contributed by atoms with Gasteiger partial charge >= 0.3 is 5.97 Å². The molecule has 0 aliphatic carbocycles. The number of halogens is 2. The fourth-order valence-corrected chi connectivity index (χ4v) is 2.03. The molecule has 2 aromatic rings. The maximum atomic E-state index is 11.0. The second-order valence-electron chi connectivity index (χ2n) is 3.53. The summed E-state index contributed by atoms with van der Waals surface area (Å²) in [5.41, 5.74) is 1.72. The summed E-state index contributed by atoms with van der Waals surface area (Å²) in [5, 5.41) is 9.73. The van der Waals surface area contributed by atoms with Gasteiger partial charge in [0.05, 0.1) is 16.3 Å². The highest BCUT2D eigenvalue weighted by Gasteiger charge is 2.21. The van der Waals surface area contributed by atoms with Crippen molar-refractivity contribution < 1.29 is 14.3 Å². The third-order valence-corrected chi connectivity index (χ3v) is 3.21. The van der Waals surface area contributed by atoms with Crippen LogP contribution < -0.4 is 0 Å². The van der Waals surface area contributed by atoms with E-state index in [-0.39, 0.29) is 5.76 Å². The second-order valence-corrected chi connectivity index (χ2v) is 4.31. The van der Waals surface area contributed by atoms with Gasteiger partial charge in [0.2, 0.25) is 5.76 Å². The van der Waals surface area contributed by atoms with Crippen molar-refractivity contribution in [2.75, 3.05) is 0 Å².